The lowest BCUT2D eigenvalue weighted by atomic mass is 9.94. The largest absolute Gasteiger partial charge is 0.508 e. The number of benzene rings is 1. The Bertz CT molecular complexity index is 571. The fourth-order valence-electron chi connectivity index (χ4n) is 3.66. The molecule has 1 aromatic carbocycles. The van der Waals surface area contributed by atoms with E-state index in [0.29, 0.717) is 32.5 Å². The summed E-state index contributed by atoms with van der Waals surface area (Å²) < 4.78 is 5.37. The third-order valence-corrected chi connectivity index (χ3v) is 5.18. The minimum atomic E-state index is -0.717. The topological polar surface area (TPSA) is 73.2 Å². The summed E-state index contributed by atoms with van der Waals surface area (Å²) in [5.41, 5.74) is 0.181. The van der Waals surface area contributed by atoms with E-state index in [1.807, 2.05) is 4.90 Å². The van der Waals surface area contributed by atoms with Crippen molar-refractivity contribution in [1.82, 2.24) is 9.80 Å². The predicted octanol–water partition coefficient (Wildman–Crippen LogP) is 1.01. The molecule has 2 fully saturated rings. The number of hydrogen-bond donors (Lipinski definition) is 2. The third kappa shape index (κ3) is 5.17. The summed E-state index contributed by atoms with van der Waals surface area (Å²) >= 11 is 0. The molecular weight excluding hydrogens is 320 g/mol. The average molecular weight is 348 g/mol. The minimum Gasteiger partial charge on any atom is -0.508 e. The first-order chi connectivity index (χ1) is 12.0. The second-order valence-corrected chi connectivity index (χ2v) is 7.19. The van der Waals surface area contributed by atoms with Gasteiger partial charge < -0.3 is 19.8 Å². The smallest absolute Gasteiger partial charge is 0.226 e. The van der Waals surface area contributed by atoms with Crippen LogP contribution in [-0.2, 0) is 16.0 Å². The lowest BCUT2D eigenvalue weighted by Crippen LogP contribution is -2.48. The fourth-order valence-corrected chi connectivity index (χ4v) is 3.66. The second kappa shape index (κ2) is 8.17. The van der Waals surface area contributed by atoms with Crippen molar-refractivity contribution >= 4 is 5.91 Å². The average Bonchev–Trinajstić information content (AvgIpc) is 2.80. The Kier molecular flexibility index (Phi) is 5.93. The van der Waals surface area contributed by atoms with Gasteiger partial charge in [0.05, 0.1) is 25.2 Å². The van der Waals surface area contributed by atoms with E-state index in [1.165, 1.54) is 0 Å². The van der Waals surface area contributed by atoms with Gasteiger partial charge in [0.25, 0.3) is 0 Å². The molecule has 6 heteroatoms. The Morgan fingerprint density at radius 1 is 1.08 bits per heavy atom. The van der Waals surface area contributed by atoms with Crippen LogP contribution in [0.2, 0.25) is 0 Å². The van der Waals surface area contributed by atoms with E-state index in [4.69, 9.17) is 4.74 Å². The number of nitrogens with zero attached hydrogens (tertiary/aromatic N) is 2. The molecule has 3 rings (SSSR count). The number of aliphatic hydroxyl groups is 1. The number of rotatable bonds is 4. The highest BCUT2D eigenvalue weighted by molar-refractivity contribution is 5.78. The molecule has 2 N–H and O–H groups in total. The molecule has 0 spiro atoms. The maximum atomic E-state index is 12.6. The molecule has 0 radical (unpaired) electrons. The standard InChI is InChI=1S/C19H28N2O4/c22-17-4-2-16(3-5-17)14-18(23)21-8-1-6-19(24,7-9-21)15-20-10-12-25-13-11-20/h2-5,22,24H,1,6-15H2/t19-/m1/s1. The molecule has 2 aliphatic rings. The molecule has 0 unspecified atom stereocenters. The monoisotopic (exact) mass is 348 g/mol. The number of morpholine rings is 1. The first-order valence-electron chi connectivity index (χ1n) is 9.12. The molecule has 6 nitrogen and oxygen atoms in total. The number of likely N-dealkylation sites (tertiary alicyclic amines) is 1. The molecule has 0 aliphatic carbocycles. The molecule has 2 saturated heterocycles. The molecule has 0 aromatic heterocycles. The van der Waals surface area contributed by atoms with E-state index in [9.17, 15) is 15.0 Å². The number of ether oxygens (including phenoxy) is 1. The zero-order valence-corrected chi connectivity index (χ0v) is 14.7. The van der Waals surface area contributed by atoms with Gasteiger partial charge in [-0.3, -0.25) is 9.69 Å². The quantitative estimate of drug-likeness (QED) is 0.850. The number of β-amino-alcohol motifs (C(OH)–C–C–N with tert-alkyl or cyclic N) is 1. The van der Waals surface area contributed by atoms with Crippen LogP contribution in [0.5, 0.6) is 5.75 Å². The van der Waals surface area contributed by atoms with Gasteiger partial charge in [0.1, 0.15) is 5.75 Å². The normalized spacial score (nSPS) is 25.6. The SMILES string of the molecule is O=C(Cc1ccc(O)cc1)N1CCC[C@](O)(CN2CCOCC2)CC1. The molecule has 1 aromatic rings. The van der Waals surface area contributed by atoms with E-state index in [-0.39, 0.29) is 11.7 Å². The molecular formula is C19H28N2O4. The Balaban J connectivity index is 1.53. The number of amides is 1. The maximum absolute atomic E-state index is 12.6. The lowest BCUT2D eigenvalue weighted by Gasteiger charge is -2.35. The van der Waals surface area contributed by atoms with Gasteiger partial charge in [-0.25, -0.2) is 0 Å². The van der Waals surface area contributed by atoms with Gasteiger partial charge in [0, 0.05) is 32.7 Å². The van der Waals surface area contributed by atoms with E-state index in [2.05, 4.69) is 4.90 Å². The van der Waals surface area contributed by atoms with Gasteiger partial charge in [0.15, 0.2) is 0 Å². The van der Waals surface area contributed by atoms with Crippen molar-refractivity contribution in [2.24, 2.45) is 0 Å². The molecule has 2 heterocycles. The van der Waals surface area contributed by atoms with E-state index < -0.39 is 5.60 Å². The molecule has 1 atom stereocenters. The maximum Gasteiger partial charge on any atom is 0.226 e. The van der Waals surface area contributed by atoms with Crippen LogP contribution in [0, 0.1) is 0 Å². The van der Waals surface area contributed by atoms with Gasteiger partial charge in [-0.2, -0.15) is 0 Å². The van der Waals surface area contributed by atoms with Crippen LogP contribution in [0.1, 0.15) is 24.8 Å². The van der Waals surface area contributed by atoms with Crippen molar-refractivity contribution < 1.29 is 19.7 Å². The second-order valence-electron chi connectivity index (χ2n) is 7.19. The summed E-state index contributed by atoms with van der Waals surface area (Å²) in [5.74, 6) is 0.292. The first-order valence-corrected chi connectivity index (χ1v) is 9.12. The van der Waals surface area contributed by atoms with Crippen molar-refractivity contribution in [3.8, 4) is 5.75 Å². The minimum absolute atomic E-state index is 0.0845. The van der Waals surface area contributed by atoms with Crippen LogP contribution in [0.25, 0.3) is 0 Å². The highest BCUT2D eigenvalue weighted by Crippen LogP contribution is 2.24. The van der Waals surface area contributed by atoms with Crippen molar-refractivity contribution in [2.45, 2.75) is 31.3 Å². The molecule has 0 saturated carbocycles. The highest BCUT2D eigenvalue weighted by Gasteiger charge is 2.33. The number of hydrogen-bond acceptors (Lipinski definition) is 5. The van der Waals surface area contributed by atoms with Crippen molar-refractivity contribution in [1.29, 1.82) is 0 Å². The highest BCUT2D eigenvalue weighted by atomic mass is 16.5. The van der Waals surface area contributed by atoms with Crippen molar-refractivity contribution in [2.75, 3.05) is 45.9 Å². The van der Waals surface area contributed by atoms with Crippen LogP contribution in [0.15, 0.2) is 24.3 Å². The summed E-state index contributed by atoms with van der Waals surface area (Å²) in [6, 6.07) is 6.76. The van der Waals surface area contributed by atoms with Gasteiger partial charge >= 0.3 is 0 Å². The number of phenols is 1. The van der Waals surface area contributed by atoms with Crippen LogP contribution >= 0.6 is 0 Å². The van der Waals surface area contributed by atoms with Gasteiger partial charge in [-0.15, -0.1) is 0 Å². The zero-order valence-electron chi connectivity index (χ0n) is 14.7. The van der Waals surface area contributed by atoms with Gasteiger partial charge in [-0.05, 0) is 37.0 Å². The van der Waals surface area contributed by atoms with Crippen LogP contribution in [0.3, 0.4) is 0 Å². The summed E-state index contributed by atoms with van der Waals surface area (Å²) in [7, 11) is 0. The third-order valence-electron chi connectivity index (χ3n) is 5.18. The van der Waals surface area contributed by atoms with Gasteiger partial charge in [-0.1, -0.05) is 12.1 Å². The summed E-state index contributed by atoms with van der Waals surface area (Å²) in [4.78, 5) is 16.7. The molecule has 0 bridgehead atoms. The predicted molar refractivity (Wildman–Crippen MR) is 94.5 cm³/mol. The summed E-state index contributed by atoms with van der Waals surface area (Å²) in [6.45, 7) is 5.15. The summed E-state index contributed by atoms with van der Waals surface area (Å²) in [6.07, 6.45) is 2.50. The van der Waals surface area contributed by atoms with Crippen molar-refractivity contribution in [3.05, 3.63) is 29.8 Å². The van der Waals surface area contributed by atoms with Crippen LogP contribution < -0.4 is 0 Å². The number of carbonyl (C=O) groups excluding carboxylic acids is 1. The number of phenolic OH excluding ortho intramolecular Hbond substituents is 1. The molecule has 25 heavy (non-hydrogen) atoms. The van der Waals surface area contributed by atoms with Crippen molar-refractivity contribution in [3.63, 3.8) is 0 Å². The molecule has 138 valence electrons. The van der Waals surface area contributed by atoms with E-state index in [0.717, 1.165) is 44.7 Å². The summed E-state index contributed by atoms with van der Waals surface area (Å²) in [5, 5.41) is 20.3. The molecule has 1 amide bonds. The lowest BCUT2D eigenvalue weighted by molar-refractivity contribution is -0.130. The number of aromatic hydroxyl groups is 1. The molecule has 2 aliphatic heterocycles. The van der Waals surface area contributed by atoms with Gasteiger partial charge in [0.2, 0.25) is 5.91 Å². The van der Waals surface area contributed by atoms with Crippen LogP contribution in [0.4, 0.5) is 0 Å². The van der Waals surface area contributed by atoms with E-state index in [1.54, 1.807) is 24.3 Å². The fraction of sp³-hybridized carbons (Fsp3) is 0.632. The Labute approximate surface area is 149 Å². The zero-order chi connectivity index (χ0) is 17.7. The van der Waals surface area contributed by atoms with Crippen LogP contribution in [-0.4, -0.2) is 77.5 Å². The van der Waals surface area contributed by atoms with E-state index >= 15 is 0 Å². The Morgan fingerprint density at radius 3 is 2.52 bits per heavy atom. The Morgan fingerprint density at radius 2 is 1.80 bits per heavy atom. The first kappa shape index (κ1) is 18.2. The Hall–Kier alpha value is -1.63. The number of carbonyl (C=O) groups is 1.